The number of carboxylic acid groups (broad SMARTS) is 1. The Bertz CT molecular complexity index is 161. The minimum atomic E-state index is -0.727. The molecule has 1 fully saturated rings. The molecule has 0 aromatic rings. The highest BCUT2D eigenvalue weighted by atomic mass is 16.4. The van der Waals surface area contributed by atoms with E-state index in [9.17, 15) is 4.79 Å². The first-order chi connectivity index (χ1) is 5.74. The summed E-state index contributed by atoms with van der Waals surface area (Å²) in [6.45, 7) is 4.95. The molecular formula is C8H16N2O2. The van der Waals surface area contributed by atoms with E-state index in [4.69, 9.17) is 5.11 Å². The maximum absolute atomic E-state index is 10.5. The van der Waals surface area contributed by atoms with Gasteiger partial charge in [0.1, 0.15) is 0 Å². The highest BCUT2D eigenvalue weighted by Crippen LogP contribution is 2.05. The van der Waals surface area contributed by atoms with E-state index >= 15 is 0 Å². The summed E-state index contributed by atoms with van der Waals surface area (Å²) < 4.78 is 0. The Hall–Kier alpha value is -0.610. The summed E-state index contributed by atoms with van der Waals surface area (Å²) in [4.78, 5) is 12.5. The second kappa shape index (κ2) is 4.42. The van der Waals surface area contributed by atoms with Gasteiger partial charge in [-0.2, -0.15) is 0 Å². The lowest BCUT2D eigenvalue weighted by molar-refractivity contribution is -0.139. The zero-order chi connectivity index (χ0) is 8.97. The molecule has 4 heteroatoms. The standard InChI is InChI=1S/C8H16N2O2/c1-2-7-5-9-3-4-10(7)6-8(11)12/h7,9H,2-6H2,1H3,(H,11,12). The number of carbonyl (C=O) groups is 1. The van der Waals surface area contributed by atoms with Gasteiger partial charge in [0.15, 0.2) is 0 Å². The molecule has 0 amide bonds. The molecule has 1 aliphatic rings. The van der Waals surface area contributed by atoms with Gasteiger partial charge in [-0.05, 0) is 6.42 Å². The number of nitrogens with zero attached hydrogens (tertiary/aromatic N) is 1. The van der Waals surface area contributed by atoms with Gasteiger partial charge in [-0.1, -0.05) is 6.92 Å². The lowest BCUT2D eigenvalue weighted by Gasteiger charge is -2.34. The quantitative estimate of drug-likeness (QED) is 0.616. The van der Waals surface area contributed by atoms with Crippen molar-refractivity contribution in [3.63, 3.8) is 0 Å². The van der Waals surface area contributed by atoms with Crippen molar-refractivity contribution in [3.05, 3.63) is 0 Å². The third-order valence-corrected chi connectivity index (χ3v) is 2.28. The maximum Gasteiger partial charge on any atom is 0.317 e. The molecule has 0 spiro atoms. The predicted octanol–water partition coefficient (Wildman–Crippen LogP) is -0.245. The van der Waals surface area contributed by atoms with Crippen LogP contribution in [0.5, 0.6) is 0 Å². The Morgan fingerprint density at radius 2 is 2.50 bits per heavy atom. The van der Waals surface area contributed by atoms with Crippen molar-refractivity contribution in [2.75, 3.05) is 26.2 Å². The van der Waals surface area contributed by atoms with E-state index in [1.807, 2.05) is 4.90 Å². The molecule has 0 saturated carbocycles. The molecule has 0 aliphatic carbocycles. The molecule has 4 nitrogen and oxygen atoms in total. The zero-order valence-electron chi connectivity index (χ0n) is 7.42. The van der Waals surface area contributed by atoms with Crippen molar-refractivity contribution in [1.29, 1.82) is 0 Å². The minimum absolute atomic E-state index is 0.181. The summed E-state index contributed by atoms with van der Waals surface area (Å²) in [6, 6.07) is 0.398. The number of carboxylic acids is 1. The monoisotopic (exact) mass is 172 g/mol. The van der Waals surface area contributed by atoms with E-state index in [2.05, 4.69) is 12.2 Å². The van der Waals surface area contributed by atoms with Crippen LogP contribution in [0.2, 0.25) is 0 Å². The fraction of sp³-hybridized carbons (Fsp3) is 0.875. The van der Waals surface area contributed by atoms with Crippen molar-refractivity contribution in [2.45, 2.75) is 19.4 Å². The average molecular weight is 172 g/mol. The van der Waals surface area contributed by atoms with Crippen molar-refractivity contribution >= 4 is 5.97 Å². The number of nitrogens with one attached hydrogen (secondary N) is 1. The molecule has 1 unspecified atom stereocenters. The molecule has 2 N–H and O–H groups in total. The molecular weight excluding hydrogens is 156 g/mol. The first-order valence-corrected chi connectivity index (χ1v) is 4.40. The smallest absolute Gasteiger partial charge is 0.317 e. The van der Waals surface area contributed by atoms with Crippen LogP contribution in [-0.2, 0) is 4.79 Å². The summed E-state index contributed by atoms with van der Waals surface area (Å²) >= 11 is 0. The molecule has 0 radical (unpaired) electrons. The number of hydrogen-bond acceptors (Lipinski definition) is 3. The van der Waals surface area contributed by atoms with Crippen LogP contribution in [0.25, 0.3) is 0 Å². The molecule has 1 saturated heterocycles. The molecule has 1 heterocycles. The Morgan fingerprint density at radius 3 is 3.08 bits per heavy atom. The molecule has 1 atom stereocenters. The van der Waals surface area contributed by atoms with Crippen LogP contribution in [-0.4, -0.2) is 48.2 Å². The van der Waals surface area contributed by atoms with Gasteiger partial charge in [-0.3, -0.25) is 9.69 Å². The Balaban J connectivity index is 2.41. The Morgan fingerprint density at radius 1 is 1.75 bits per heavy atom. The van der Waals surface area contributed by atoms with Crippen LogP contribution < -0.4 is 5.32 Å². The van der Waals surface area contributed by atoms with Crippen LogP contribution >= 0.6 is 0 Å². The van der Waals surface area contributed by atoms with E-state index in [-0.39, 0.29) is 6.54 Å². The van der Waals surface area contributed by atoms with E-state index in [0.717, 1.165) is 26.1 Å². The maximum atomic E-state index is 10.5. The van der Waals surface area contributed by atoms with Crippen LogP contribution in [0.3, 0.4) is 0 Å². The molecule has 0 aromatic heterocycles. The normalized spacial score (nSPS) is 25.6. The number of aliphatic carboxylic acids is 1. The van der Waals surface area contributed by atoms with Gasteiger partial charge in [-0.25, -0.2) is 0 Å². The molecule has 0 aromatic carbocycles. The molecule has 1 aliphatic heterocycles. The zero-order valence-corrected chi connectivity index (χ0v) is 7.42. The van der Waals surface area contributed by atoms with Crippen LogP contribution in [0, 0.1) is 0 Å². The van der Waals surface area contributed by atoms with Crippen LogP contribution in [0.1, 0.15) is 13.3 Å². The number of hydrogen-bond donors (Lipinski definition) is 2. The van der Waals surface area contributed by atoms with Gasteiger partial charge >= 0.3 is 5.97 Å². The van der Waals surface area contributed by atoms with Gasteiger partial charge in [0.25, 0.3) is 0 Å². The third kappa shape index (κ3) is 2.46. The SMILES string of the molecule is CCC1CNCCN1CC(=O)O. The van der Waals surface area contributed by atoms with E-state index in [1.165, 1.54) is 0 Å². The van der Waals surface area contributed by atoms with E-state index < -0.39 is 5.97 Å². The number of rotatable bonds is 3. The summed E-state index contributed by atoms with van der Waals surface area (Å²) in [6.07, 6.45) is 1.01. The van der Waals surface area contributed by atoms with Crippen LogP contribution in [0.4, 0.5) is 0 Å². The van der Waals surface area contributed by atoms with Gasteiger partial charge in [-0.15, -0.1) is 0 Å². The first-order valence-electron chi connectivity index (χ1n) is 4.40. The lowest BCUT2D eigenvalue weighted by atomic mass is 10.1. The number of piperazine rings is 1. The van der Waals surface area contributed by atoms with Gasteiger partial charge in [0.2, 0.25) is 0 Å². The van der Waals surface area contributed by atoms with Crippen molar-refractivity contribution < 1.29 is 9.90 Å². The summed E-state index contributed by atoms with van der Waals surface area (Å²) in [7, 11) is 0. The first kappa shape index (κ1) is 9.48. The summed E-state index contributed by atoms with van der Waals surface area (Å²) in [5.41, 5.74) is 0. The van der Waals surface area contributed by atoms with Crippen molar-refractivity contribution in [2.24, 2.45) is 0 Å². The summed E-state index contributed by atoms with van der Waals surface area (Å²) in [5.74, 6) is -0.727. The van der Waals surface area contributed by atoms with Gasteiger partial charge < -0.3 is 10.4 Å². The Kier molecular flexibility index (Phi) is 3.49. The highest BCUT2D eigenvalue weighted by molar-refractivity contribution is 5.69. The fourth-order valence-electron chi connectivity index (χ4n) is 1.59. The average Bonchev–Trinajstić information content (AvgIpc) is 2.04. The molecule has 0 bridgehead atoms. The highest BCUT2D eigenvalue weighted by Gasteiger charge is 2.21. The molecule has 12 heavy (non-hydrogen) atoms. The second-order valence-electron chi connectivity index (χ2n) is 3.13. The largest absolute Gasteiger partial charge is 0.480 e. The summed E-state index contributed by atoms with van der Waals surface area (Å²) in [5, 5.41) is 11.9. The predicted molar refractivity (Wildman–Crippen MR) is 46.2 cm³/mol. The van der Waals surface area contributed by atoms with Crippen LogP contribution in [0.15, 0.2) is 0 Å². The van der Waals surface area contributed by atoms with E-state index in [1.54, 1.807) is 0 Å². The minimum Gasteiger partial charge on any atom is -0.480 e. The molecule has 70 valence electrons. The fourth-order valence-corrected chi connectivity index (χ4v) is 1.59. The Labute approximate surface area is 72.6 Å². The van der Waals surface area contributed by atoms with Crippen molar-refractivity contribution in [3.8, 4) is 0 Å². The lowest BCUT2D eigenvalue weighted by Crippen LogP contribution is -2.52. The van der Waals surface area contributed by atoms with Gasteiger partial charge in [0, 0.05) is 25.7 Å². The third-order valence-electron chi connectivity index (χ3n) is 2.28. The molecule has 1 rings (SSSR count). The topological polar surface area (TPSA) is 52.6 Å². The van der Waals surface area contributed by atoms with E-state index in [0.29, 0.717) is 6.04 Å². The van der Waals surface area contributed by atoms with Gasteiger partial charge in [0.05, 0.1) is 6.54 Å². The second-order valence-corrected chi connectivity index (χ2v) is 3.13. The van der Waals surface area contributed by atoms with Crippen molar-refractivity contribution in [1.82, 2.24) is 10.2 Å².